The first-order valence-electron chi connectivity index (χ1n) is 10.7. The number of hydrogen-bond donors (Lipinski definition) is 1. The number of nitrogens with zero attached hydrogens (tertiary/aromatic N) is 3. The fraction of sp³-hybridized carbons (Fsp3) is 0.435. The molecule has 0 radical (unpaired) electrons. The van der Waals surface area contributed by atoms with Gasteiger partial charge in [-0.05, 0) is 61.4 Å². The summed E-state index contributed by atoms with van der Waals surface area (Å²) >= 11 is 1.45. The lowest BCUT2D eigenvalue weighted by atomic mass is 9.95. The fourth-order valence-electron chi connectivity index (χ4n) is 4.81. The van der Waals surface area contributed by atoms with Crippen molar-refractivity contribution in [1.82, 2.24) is 14.9 Å². The summed E-state index contributed by atoms with van der Waals surface area (Å²) in [6.07, 6.45) is 3.55. The molecule has 3 aromatic rings. The summed E-state index contributed by atoms with van der Waals surface area (Å²) in [5.41, 5.74) is 3.65. The van der Waals surface area contributed by atoms with E-state index in [1.165, 1.54) is 48.8 Å². The zero-order valence-corrected chi connectivity index (χ0v) is 17.7. The standard InChI is InChI=1S/C23H22FN3O3S/c24-17-9-13(10-27-11-15(12-27)30-22(28)29)1-4-16(17)20-25-18-5-6-19(26-21(18)31-20)23(7-8-23)14-2-3-14/h1,4-6,9,14-15H,2-3,7-8,10-12H2,(H,28,29). The Morgan fingerprint density at radius 2 is 2.03 bits per heavy atom. The van der Waals surface area contributed by atoms with E-state index < -0.39 is 6.16 Å². The maximum Gasteiger partial charge on any atom is 0.506 e. The van der Waals surface area contributed by atoms with Crippen molar-refractivity contribution in [1.29, 1.82) is 0 Å². The van der Waals surface area contributed by atoms with Crippen LogP contribution in [0.15, 0.2) is 30.3 Å². The lowest BCUT2D eigenvalue weighted by Crippen LogP contribution is -2.52. The van der Waals surface area contributed by atoms with Crippen LogP contribution in [-0.4, -0.2) is 45.3 Å². The predicted octanol–water partition coefficient (Wildman–Crippen LogP) is 4.82. The Balaban J connectivity index is 1.19. The van der Waals surface area contributed by atoms with Crippen LogP contribution in [0.1, 0.15) is 36.9 Å². The lowest BCUT2D eigenvalue weighted by molar-refractivity contribution is -0.0363. The van der Waals surface area contributed by atoms with E-state index in [0.29, 0.717) is 35.6 Å². The number of halogens is 1. The number of rotatable bonds is 6. The third kappa shape index (κ3) is 3.47. The number of carbonyl (C=O) groups is 1. The van der Waals surface area contributed by atoms with Crippen LogP contribution in [0.4, 0.5) is 9.18 Å². The van der Waals surface area contributed by atoms with Crippen molar-refractivity contribution in [3.63, 3.8) is 0 Å². The fourth-order valence-corrected chi connectivity index (χ4v) is 5.78. The molecule has 0 spiro atoms. The predicted molar refractivity (Wildman–Crippen MR) is 115 cm³/mol. The van der Waals surface area contributed by atoms with Crippen LogP contribution in [0.3, 0.4) is 0 Å². The van der Waals surface area contributed by atoms with Gasteiger partial charge in [-0.2, -0.15) is 0 Å². The molecule has 0 unspecified atom stereocenters. The van der Waals surface area contributed by atoms with Gasteiger partial charge in [-0.15, -0.1) is 0 Å². The largest absolute Gasteiger partial charge is 0.506 e. The molecule has 2 saturated carbocycles. The van der Waals surface area contributed by atoms with Crippen molar-refractivity contribution in [2.24, 2.45) is 5.92 Å². The van der Waals surface area contributed by atoms with Gasteiger partial charge in [0.2, 0.25) is 0 Å². The van der Waals surface area contributed by atoms with Crippen molar-refractivity contribution in [3.8, 4) is 10.6 Å². The molecule has 6 rings (SSSR count). The molecule has 1 aliphatic heterocycles. The third-order valence-electron chi connectivity index (χ3n) is 6.77. The molecule has 1 saturated heterocycles. The van der Waals surface area contributed by atoms with Gasteiger partial charge < -0.3 is 9.84 Å². The van der Waals surface area contributed by atoms with E-state index in [2.05, 4.69) is 11.1 Å². The summed E-state index contributed by atoms with van der Waals surface area (Å²) in [4.78, 5) is 23.0. The molecule has 2 aromatic heterocycles. The third-order valence-corrected chi connectivity index (χ3v) is 7.77. The summed E-state index contributed by atoms with van der Waals surface area (Å²) in [6.45, 7) is 1.62. The van der Waals surface area contributed by atoms with Crippen molar-refractivity contribution in [2.75, 3.05) is 13.1 Å². The van der Waals surface area contributed by atoms with Gasteiger partial charge in [0.1, 0.15) is 27.3 Å². The Hall–Kier alpha value is -2.58. The zero-order chi connectivity index (χ0) is 21.2. The normalized spacial score (nSPS) is 20.5. The Kier molecular flexibility index (Phi) is 4.30. The van der Waals surface area contributed by atoms with Crippen LogP contribution < -0.4 is 0 Å². The first-order valence-corrected chi connectivity index (χ1v) is 11.5. The highest BCUT2D eigenvalue weighted by molar-refractivity contribution is 7.21. The minimum absolute atomic E-state index is 0.295. The molecule has 0 atom stereocenters. The minimum Gasteiger partial charge on any atom is -0.450 e. The van der Waals surface area contributed by atoms with Gasteiger partial charge in [0, 0.05) is 36.3 Å². The highest BCUT2D eigenvalue weighted by Crippen LogP contribution is 2.61. The average molecular weight is 440 g/mol. The van der Waals surface area contributed by atoms with E-state index >= 15 is 0 Å². The number of aromatic nitrogens is 2. The summed E-state index contributed by atoms with van der Waals surface area (Å²) in [5.74, 6) is 0.500. The number of pyridine rings is 1. The monoisotopic (exact) mass is 439 g/mol. The van der Waals surface area contributed by atoms with Crippen molar-refractivity contribution in [3.05, 3.63) is 47.4 Å². The van der Waals surface area contributed by atoms with E-state index in [1.54, 1.807) is 6.07 Å². The topological polar surface area (TPSA) is 75.6 Å². The first-order chi connectivity index (χ1) is 15.0. The molecule has 1 aromatic carbocycles. The first kappa shape index (κ1) is 19.1. The van der Waals surface area contributed by atoms with Gasteiger partial charge in [0.15, 0.2) is 0 Å². The van der Waals surface area contributed by atoms with Crippen LogP contribution in [0.25, 0.3) is 20.9 Å². The van der Waals surface area contributed by atoms with Gasteiger partial charge in [-0.3, -0.25) is 4.90 Å². The molecule has 0 bridgehead atoms. The van der Waals surface area contributed by atoms with E-state index in [1.807, 2.05) is 17.0 Å². The second kappa shape index (κ2) is 6.97. The van der Waals surface area contributed by atoms with Gasteiger partial charge in [-0.1, -0.05) is 17.4 Å². The molecule has 8 heteroatoms. The van der Waals surface area contributed by atoms with Gasteiger partial charge in [-0.25, -0.2) is 19.2 Å². The number of likely N-dealkylation sites (tertiary alicyclic amines) is 1. The Bertz CT molecular complexity index is 1180. The maximum atomic E-state index is 14.9. The van der Waals surface area contributed by atoms with Gasteiger partial charge in [0.05, 0.1) is 0 Å². The van der Waals surface area contributed by atoms with E-state index in [-0.39, 0.29) is 11.9 Å². The lowest BCUT2D eigenvalue weighted by Gasteiger charge is -2.37. The molecule has 3 fully saturated rings. The van der Waals surface area contributed by atoms with Crippen molar-refractivity contribution < 1.29 is 19.0 Å². The molecule has 3 heterocycles. The molecular formula is C23H22FN3O3S. The minimum atomic E-state index is -1.25. The number of thiazole rings is 1. The summed E-state index contributed by atoms with van der Waals surface area (Å²) in [7, 11) is 0. The molecule has 6 nitrogen and oxygen atoms in total. The van der Waals surface area contributed by atoms with Gasteiger partial charge in [0.25, 0.3) is 0 Å². The van der Waals surface area contributed by atoms with Crippen LogP contribution in [-0.2, 0) is 16.7 Å². The molecule has 3 aliphatic rings. The summed E-state index contributed by atoms with van der Waals surface area (Å²) in [5, 5.41) is 9.29. The van der Waals surface area contributed by atoms with E-state index in [9.17, 15) is 9.18 Å². The number of carboxylic acid groups (broad SMARTS) is 1. The van der Waals surface area contributed by atoms with Crippen LogP contribution in [0.5, 0.6) is 0 Å². The number of ether oxygens (including phenoxy) is 1. The van der Waals surface area contributed by atoms with Crippen molar-refractivity contribution >= 4 is 27.8 Å². The molecule has 2 aliphatic carbocycles. The molecule has 0 amide bonds. The smallest absolute Gasteiger partial charge is 0.450 e. The summed E-state index contributed by atoms with van der Waals surface area (Å²) in [6, 6.07) is 9.37. The zero-order valence-electron chi connectivity index (χ0n) is 16.9. The maximum absolute atomic E-state index is 14.9. The second-order valence-electron chi connectivity index (χ2n) is 8.98. The molecule has 31 heavy (non-hydrogen) atoms. The molecule has 1 N–H and O–H groups in total. The SMILES string of the molecule is O=C(O)OC1CN(Cc2ccc(-c3nc4ccc(C5(C6CC6)CC5)nc4s3)c(F)c2)C1. The second-order valence-corrected chi connectivity index (χ2v) is 9.96. The highest BCUT2D eigenvalue weighted by atomic mass is 32.1. The molecule has 160 valence electrons. The Morgan fingerprint density at radius 1 is 1.23 bits per heavy atom. The van der Waals surface area contributed by atoms with Crippen LogP contribution in [0.2, 0.25) is 0 Å². The Morgan fingerprint density at radius 3 is 2.71 bits per heavy atom. The quantitative estimate of drug-likeness (QED) is 0.555. The van der Waals surface area contributed by atoms with E-state index in [4.69, 9.17) is 14.8 Å². The van der Waals surface area contributed by atoms with Crippen LogP contribution >= 0.6 is 11.3 Å². The highest BCUT2D eigenvalue weighted by Gasteiger charge is 2.55. The number of hydrogen-bond acceptors (Lipinski definition) is 6. The van der Waals surface area contributed by atoms with Crippen LogP contribution in [0, 0.1) is 11.7 Å². The van der Waals surface area contributed by atoms with Gasteiger partial charge >= 0.3 is 6.16 Å². The Labute approximate surface area is 182 Å². The van der Waals surface area contributed by atoms with Crippen molar-refractivity contribution in [2.45, 2.75) is 43.7 Å². The summed E-state index contributed by atoms with van der Waals surface area (Å²) < 4.78 is 19.6. The number of benzene rings is 1. The van der Waals surface area contributed by atoms with E-state index in [0.717, 1.165) is 21.8 Å². The molecular weight excluding hydrogens is 417 g/mol. The average Bonchev–Trinajstić information content (AvgIpc) is 3.61. The number of fused-ring (bicyclic) bond motifs is 1.